The molecule has 0 saturated heterocycles. The minimum Gasteiger partial charge on any atom is -0.197 e. The van der Waals surface area contributed by atoms with Crippen LogP contribution in [0.25, 0.3) is 0 Å². The van der Waals surface area contributed by atoms with E-state index in [4.69, 9.17) is 0 Å². The summed E-state index contributed by atoms with van der Waals surface area (Å²) in [5.74, 6) is 0. The van der Waals surface area contributed by atoms with Crippen LogP contribution in [0.1, 0.15) is 34.2 Å². The van der Waals surface area contributed by atoms with Crippen LogP contribution >= 0.6 is 0 Å². The van der Waals surface area contributed by atoms with Gasteiger partial charge in [-0.15, -0.1) is 0 Å². The first-order chi connectivity index (χ1) is 9.66. The molecule has 0 saturated carbocycles. The monoisotopic (exact) mass is 261 g/mol. The van der Waals surface area contributed by atoms with E-state index in [1.54, 1.807) is 0 Å². The Labute approximate surface area is 120 Å². The maximum atomic E-state index is 9.86. The first kappa shape index (κ1) is 12.9. The van der Waals surface area contributed by atoms with Crippen LogP contribution in [0.4, 0.5) is 0 Å². The predicted molar refractivity (Wildman–Crippen MR) is 81.7 cm³/mol. The number of hydrogen-bond donors (Lipinski definition) is 0. The quantitative estimate of drug-likeness (QED) is 0.792. The van der Waals surface area contributed by atoms with E-state index < -0.39 is 0 Å². The SMILES string of the molecule is Cc1cccc(C)c1CC1(C#N)CCc2ccccc21. The lowest BCUT2D eigenvalue weighted by Gasteiger charge is -2.24. The summed E-state index contributed by atoms with van der Waals surface area (Å²) in [5.41, 5.74) is 6.18. The molecule has 1 aliphatic carbocycles. The number of hydrogen-bond acceptors (Lipinski definition) is 1. The molecule has 0 aliphatic heterocycles. The summed E-state index contributed by atoms with van der Waals surface area (Å²) in [6.07, 6.45) is 2.80. The van der Waals surface area contributed by atoms with Gasteiger partial charge in [0.15, 0.2) is 0 Å². The molecule has 1 atom stereocenters. The third kappa shape index (κ3) is 1.93. The van der Waals surface area contributed by atoms with E-state index in [2.05, 4.69) is 62.4 Å². The fourth-order valence-corrected chi connectivity index (χ4v) is 3.46. The first-order valence-electron chi connectivity index (χ1n) is 7.21. The summed E-state index contributed by atoms with van der Waals surface area (Å²) in [5, 5.41) is 9.86. The molecule has 3 rings (SSSR count). The third-order valence-electron chi connectivity index (χ3n) is 4.69. The molecule has 20 heavy (non-hydrogen) atoms. The average Bonchev–Trinajstić information content (AvgIpc) is 2.83. The summed E-state index contributed by atoms with van der Waals surface area (Å²) < 4.78 is 0. The van der Waals surface area contributed by atoms with Crippen LogP contribution in [0.2, 0.25) is 0 Å². The average molecular weight is 261 g/mol. The summed E-state index contributed by atoms with van der Waals surface area (Å²) in [7, 11) is 0. The zero-order valence-electron chi connectivity index (χ0n) is 12.1. The van der Waals surface area contributed by atoms with Crippen molar-refractivity contribution >= 4 is 0 Å². The summed E-state index contributed by atoms with van der Waals surface area (Å²) in [6, 6.07) is 17.5. The minimum absolute atomic E-state index is 0.340. The van der Waals surface area contributed by atoms with Gasteiger partial charge >= 0.3 is 0 Å². The highest BCUT2D eigenvalue weighted by molar-refractivity contribution is 5.47. The van der Waals surface area contributed by atoms with Gasteiger partial charge in [0.25, 0.3) is 0 Å². The van der Waals surface area contributed by atoms with Gasteiger partial charge in [-0.3, -0.25) is 0 Å². The number of benzene rings is 2. The Morgan fingerprint density at radius 3 is 2.45 bits per heavy atom. The van der Waals surface area contributed by atoms with Gasteiger partial charge in [0.1, 0.15) is 0 Å². The van der Waals surface area contributed by atoms with Crippen molar-refractivity contribution in [1.29, 1.82) is 5.26 Å². The molecule has 2 aromatic carbocycles. The lowest BCUT2D eigenvalue weighted by Crippen LogP contribution is -2.24. The second kappa shape index (κ2) is 4.80. The minimum atomic E-state index is -0.340. The van der Waals surface area contributed by atoms with Gasteiger partial charge in [0, 0.05) is 0 Å². The molecule has 0 bridgehead atoms. The Morgan fingerprint density at radius 1 is 1.05 bits per heavy atom. The van der Waals surface area contributed by atoms with Crippen LogP contribution in [0, 0.1) is 25.2 Å². The molecule has 0 amide bonds. The van der Waals surface area contributed by atoms with E-state index in [1.165, 1.54) is 27.8 Å². The van der Waals surface area contributed by atoms with Crippen LogP contribution in [-0.4, -0.2) is 0 Å². The van der Waals surface area contributed by atoms with E-state index in [1.807, 2.05) is 0 Å². The highest BCUT2D eigenvalue weighted by Crippen LogP contribution is 2.41. The maximum absolute atomic E-state index is 9.86. The second-order valence-corrected chi connectivity index (χ2v) is 5.90. The van der Waals surface area contributed by atoms with E-state index in [9.17, 15) is 5.26 Å². The van der Waals surface area contributed by atoms with Gasteiger partial charge in [-0.25, -0.2) is 0 Å². The van der Waals surface area contributed by atoms with Crippen LogP contribution in [-0.2, 0) is 18.3 Å². The van der Waals surface area contributed by atoms with E-state index in [-0.39, 0.29) is 5.41 Å². The summed E-state index contributed by atoms with van der Waals surface area (Å²) in [4.78, 5) is 0. The number of nitriles is 1. The summed E-state index contributed by atoms with van der Waals surface area (Å²) in [6.45, 7) is 4.29. The van der Waals surface area contributed by atoms with Gasteiger partial charge in [-0.05, 0) is 60.9 Å². The Balaban J connectivity index is 2.07. The highest BCUT2D eigenvalue weighted by Gasteiger charge is 2.39. The van der Waals surface area contributed by atoms with Crippen molar-refractivity contribution in [2.75, 3.05) is 0 Å². The Hall–Kier alpha value is -2.07. The van der Waals surface area contributed by atoms with Crippen molar-refractivity contribution in [3.05, 3.63) is 70.3 Å². The van der Waals surface area contributed by atoms with Crippen molar-refractivity contribution in [1.82, 2.24) is 0 Å². The van der Waals surface area contributed by atoms with Crippen molar-refractivity contribution in [3.63, 3.8) is 0 Å². The van der Waals surface area contributed by atoms with Crippen LogP contribution in [0.3, 0.4) is 0 Å². The molecular weight excluding hydrogens is 242 g/mol. The lowest BCUT2D eigenvalue weighted by molar-refractivity contribution is 0.538. The molecule has 0 fully saturated rings. The van der Waals surface area contributed by atoms with Crippen molar-refractivity contribution in [3.8, 4) is 6.07 Å². The van der Waals surface area contributed by atoms with Crippen LogP contribution in [0.5, 0.6) is 0 Å². The second-order valence-electron chi connectivity index (χ2n) is 5.90. The number of rotatable bonds is 2. The molecule has 1 aliphatic rings. The standard InChI is InChI=1S/C19H19N/c1-14-6-5-7-15(2)17(14)12-19(13-20)11-10-16-8-3-4-9-18(16)19/h3-9H,10-12H2,1-2H3. The van der Waals surface area contributed by atoms with Gasteiger partial charge in [-0.2, -0.15) is 5.26 Å². The lowest BCUT2D eigenvalue weighted by atomic mass is 9.76. The van der Waals surface area contributed by atoms with E-state index >= 15 is 0 Å². The number of aryl methyl sites for hydroxylation is 3. The van der Waals surface area contributed by atoms with Crippen molar-refractivity contribution in [2.45, 2.75) is 38.5 Å². The van der Waals surface area contributed by atoms with Gasteiger partial charge < -0.3 is 0 Å². The number of nitrogens with zero attached hydrogens (tertiary/aromatic N) is 1. The molecule has 1 heteroatoms. The summed E-state index contributed by atoms with van der Waals surface area (Å²) >= 11 is 0. The largest absolute Gasteiger partial charge is 0.197 e. The smallest absolute Gasteiger partial charge is 0.0868 e. The van der Waals surface area contributed by atoms with Crippen molar-refractivity contribution in [2.24, 2.45) is 0 Å². The van der Waals surface area contributed by atoms with Gasteiger partial charge in [-0.1, -0.05) is 42.5 Å². The highest BCUT2D eigenvalue weighted by atomic mass is 14.4. The zero-order chi connectivity index (χ0) is 14.2. The Kier molecular flexibility index (Phi) is 3.10. The molecule has 1 nitrogen and oxygen atoms in total. The fourth-order valence-electron chi connectivity index (χ4n) is 3.46. The molecule has 0 spiro atoms. The topological polar surface area (TPSA) is 23.8 Å². The Bertz CT molecular complexity index is 673. The van der Waals surface area contributed by atoms with E-state index in [0.717, 1.165) is 19.3 Å². The fraction of sp³-hybridized carbons (Fsp3) is 0.316. The maximum Gasteiger partial charge on any atom is 0.0868 e. The zero-order valence-corrected chi connectivity index (χ0v) is 12.1. The first-order valence-corrected chi connectivity index (χ1v) is 7.21. The van der Waals surface area contributed by atoms with Crippen LogP contribution < -0.4 is 0 Å². The van der Waals surface area contributed by atoms with Crippen molar-refractivity contribution < 1.29 is 0 Å². The molecule has 0 aromatic heterocycles. The molecule has 1 unspecified atom stereocenters. The van der Waals surface area contributed by atoms with Gasteiger partial charge in [0.2, 0.25) is 0 Å². The Morgan fingerprint density at radius 2 is 1.75 bits per heavy atom. The third-order valence-corrected chi connectivity index (χ3v) is 4.69. The molecule has 0 heterocycles. The molecule has 0 N–H and O–H groups in total. The van der Waals surface area contributed by atoms with Crippen LogP contribution in [0.15, 0.2) is 42.5 Å². The van der Waals surface area contributed by atoms with Gasteiger partial charge in [0.05, 0.1) is 11.5 Å². The van der Waals surface area contributed by atoms with E-state index in [0.29, 0.717) is 0 Å². The molecule has 100 valence electrons. The molecule has 0 radical (unpaired) electrons. The normalized spacial score (nSPS) is 20.4. The number of fused-ring (bicyclic) bond motifs is 1. The molecular formula is C19H19N. The molecule has 2 aromatic rings. The predicted octanol–water partition coefficient (Wildman–Crippen LogP) is 4.25.